The van der Waals surface area contributed by atoms with Gasteiger partial charge in [-0.1, -0.05) is 37.1 Å². The van der Waals surface area contributed by atoms with Crippen LogP contribution in [0.4, 0.5) is 10.5 Å². The van der Waals surface area contributed by atoms with Gasteiger partial charge in [-0.05, 0) is 106 Å². The van der Waals surface area contributed by atoms with Gasteiger partial charge in [-0.2, -0.15) is 4.31 Å². The lowest BCUT2D eigenvalue weighted by Gasteiger charge is -2.59. The van der Waals surface area contributed by atoms with Gasteiger partial charge in [-0.3, -0.25) is 4.79 Å². The van der Waals surface area contributed by atoms with Gasteiger partial charge in [0.05, 0.1) is 29.2 Å². The van der Waals surface area contributed by atoms with E-state index in [-0.39, 0.29) is 67.9 Å². The first kappa shape index (κ1) is 44.8. The zero-order chi connectivity index (χ0) is 41.9. The zero-order valence-corrected chi connectivity index (χ0v) is 35.0. The Morgan fingerprint density at radius 1 is 1.05 bits per heavy atom. The molecule has 6 unspecified atom stereocenters. The maximum absolute atomic E-state index is 15.0. The predicted octanol–water partition coefficient (Wildman–Crippen LogP) is 6.51. The number of benzene rings is 2. The fraction of sp³-hybridized carbons (Fsp3) is 0.558. The lowest BCUT2D eigenvalue weighted by Crippen LogP contribution is -2.70. The highest BCUT2D eigenvalue weighted by molar-refractivity contribution is 7.89. The Bertz CT molecular complexity index is 1900. The molecule has 2 aromatic carbocycles. The maximum atomic E-state index is 15.0. The summed E-state index contributed by atoms with van der Waals surface area (Å²) < 4.78 is 51.3. The molecule has 1 fully saturated rings. The minimum Gasteiger partial charge on any atom is -0.460 e. The van der Waals surface area contributed by atoms with Gasteiger partial charge in [0.15, 0.2) is 0 Å². The summed E-state index contributed by atoms with van der Waals surface area (Å²) in [6.45, 7) is 11.8. The molecule has 2 aromatic rings. The molecule has 58 heavy (non-hydrogen) atoms. The number of carbonyl (C=O) groups is 2. The quantitative estimate of drug-likeness (QED) is 0.0615. The first-order chi connectivity index (χ1) is 28.0. The minimum atomic E-state index is -4.25. The van der Waals surface area contributed by atoms with E-state index in [1.54, 1.807) is 37.3 Å². The summed E-state index contributed by atoms with van der Waals surface area (Å²) in [6.07, 6.45) is 8.02. The van der Waals surface area contributed by atoms with Gasteiger partial charge in [-0.15, -0.1) is 6.58 Å². The van der Waals surface area contributed by atoms with E-state index in [2.05, 4.69) is 28.4 Å². The smallest absolute Gasteiger partial charge is 0.412 e. The van der Waals surface area contributed by atoms with Crippen molar-refractivity contribution in [1.82, 2.24) is 9.62 Å². The minimum absolute atomic E-state index is 0.00140. The van der Waals surface area contributed by atoms with Crippen LogP contribution in [0.5, 0.6) is 11.5 Å². The second-order valence-corrected chi connectivity index (χ2v) is 16.8. The number of unbranched alkanes of at least 4 members (excludes halogenated alkanes) is 2. The Kier molecular flexibility index (Phi) is 15.9. The van der Waals surface area contributed by atoms with E-state index in [1.165, 1.54) is 23.4 Å². The molecule has 15 heteroatoms. The molecule has 0 radical (unpaired) electrons. The van der Waals surface area contributed by atoms with E-state index in [0.717, 1.165) is 30.4 Å². The van der Waals surface area contributed by atoms with Crippen molar-refractivity contribution in [3.63, 3.8) is 0 Å². The van der Waals surface area contributed by atoms with E-state index in [4.69, 9.17) is 19.0 Å². The molecule has 0 bridgehead atoms. The van der Waals surface area contributed by atoms with Gasteiger partial charge >= 0.3 is 6.09 Å². The average molecular weight is 825 g/mol. The molecular weight excluding hydrogens is 765 g/mol. The number of allylic oxidation sites excluding steroid dienone is 1. The van der Waals surface area contributed by atoms with Gasteiger partial charge in [0, 0.05) is 56.8 Å². The highest BCUT2D eigenvalue weighted by atomic mass is 32.2. The fourth-order valence-electron chi connectivity index (χ4n) is 8.83. The summed E-state index contributed by atoms with van der Waals surface area (Å²) in [4.78, 5) is 30.2. The molecule has 2 aliphatic carbocycles. The second kappa shape index (κ2) is 20.6. The van der Waals surface area contributed by atoms with E-state index < -0.39 is 33.9 Å². The molecule has 0 aromatic heterocycles. The predicted molar refractivity (Wildman–Crippen MR) is 221 cm³/mol. The normalized spacial score (nSPS) is 24.2. The van der Waals surface area contributed by atoms with Crippen LogP contribution in [0.3, 0.4) is 0 Å². The number of hydrogen-bond acceptors (Lipinski definition) is 11. The topological polar surface area (TPSA) is 185 Å². The van der Waals surface area contributed by atoms with Crippen molar-refractivity contribution in [1.29, 1.82) is 0 Å². The zero-order valence-electron chi connectivity index (χ0n) is 34.2. The van der Waals surface area contributed by atoms with Crippen LogP contribution in [0.15, 0.2) is 76.8 Å². The molecule has 0 spiro atoms. The highest BCUT2D eigenvalue weighted by Gasteiger charge is 2.66. The van der Waals surface area contributed by atoms with Crippen molar-refractivity contribution >= 4 is 33.4 Å². The van der Waals surface area contributed by atoms with Crippen molar-refractivity contribution < 1.29 is 47.3 Å². The van der Waals surface area contributed by atoms with Crippen LogP contribution >= 0.6 is 0 Å². The molecular formula is C43H60N4O10S. The fourth-order valence-corrected chi connectivity index (χ4v) is 10.6. The van der Waals surface area contributed by atoms with Crippen LogP contribution in [0.25, 0.3) is 0 Å². The van der Waals surface area contributed by atoms with Gasteiger partial charge in [0.1, 0.15) is 18.1 Å². The molecule has 14 nitrogen and oxygen atoms in total. The molecule has 1 aliphatic heterocycles. The van der Waals surface area contributed by atoms with Gasteiger partial charge in [0.2, 0.25) is 21.7 Å². The first-order valence-corrected chi connectivity index (χ1v) is 22.0. The number of ether oxygens (including phenoxy) is 3. The molecule has 4 N–H and O–H groups in total. The molecule has 2 amide bonds. The standard InChI is InChI=1S/C43H60N4O10S/c1-6-22-47(58(52,53)33-19-16-31(17-20-33)45-29(5)50)39-28-37(46-55-9-4)35-26-30(14-10-12-23-48)34(15-11-13-24-49)40-36-27-32(56-42(51)44-8-3)18-21-38(36)57-43(39,41(35)40)54-25-7-2/h7,16-21,26-27,30,34,39-41,48-49H,2,6,8-15,22-25,28H2,1,3-5H3,(H,44,51)(H,45,50). The maximum Gasteiger partial charge on any atom is 0.412 e. The number of amides is 2. The molecule has 3 aliphatic rings. The van der Waals surface area contributed by atoms with Crippen molar-refractivity contribution in [2.75, 3.05) is 44.8 Å². The third-order valence-electron chi connectivity index (χ3n) is 11.1. The number of sulfonamides is 1. The molecule has 318 valence electrons. The Labute approximate surface area is 342 Å². The number of oxime groups is 1. The average Bonchev–Trinajstić information content (AvgIpc) is 3.20. The Hall–Kier alpha value is -4.28. The van der Waals surface area contributed by atoms with Gasteiger partial charge < -0.3 is 39.9 Å². The van der Waals surface area contributed by atoms with Crippen molar-refractivity contribution in [2.45, 2.75) is 102 Å². The van der Waals surface area contributed by atoms with E-state index in [1.807, 2.05) is 19.9 Å². The number of fused-ring (bicyclic) bond motifs is 2. The van der Waals surface area contributed by atoms with Crippen LogP contribution in [0.2, 0.25) is 0 Å². The third kappa shape index (κ3) is 9.77. The SMILES string of the molecule is C=CCOC12Oc3ccc(OC(=O)NCC)cc3C3C(CCCCO)C(CCCCO)C=C(C(=NOCC)CC1N(CCC)S(=O)(=O)c1ccc(NC(C)=O)cc1)C32. The van der Waals surface area contributed by atoms with E-state index in [9.17, 15) is 19.8 Å². The third-order valence-corrected chi connectivity index (χ3v) is 13.0. The molecule has 1 heterocycles. The molecule has 1 saturated carbocycles. The number of aliphatic hydroxyl groups is 2. The number of rotatable bonds is 21. The van der Waals surface area contributed by atoms with Gasteiger partial charge in [0.25, 0.3) is 0 Å². The molecule has 5 rings (SSSR count). The first-order valence-electron chi connectivity index (χ1n) is 20.5. The number of carbonyl (C=O) groups excluding carboxylic acids is 2. The van der Waals surface area contributed by atoms with Crippen LogP contribution in [-0.2, 0) is 24.4 Å². The summed E-state index contributed by atoms with van der Waals surface area (Å²) in [5, 5.41) is 29.7. The van der Waals surface area contributed by atoms with E-state index >= 15 is 8.42 Å². The molecule has 0 saturated heterocycles. The van der Waals surface area contributed by atoms with Crippen molar-refractivity contribution in [2.24, 2.45) is 22.9 Å². The van der Waals surface area contributed by atoms with E-state index in [0.29, 0.717) is 55.1 Å². The van der Waals surface area contributed by atoms with Gasteiger partial charge in [-0.25, -0.2) is 13.2 Å². The summed E-state index contributed by atoms with van der Waals surface area (Å²) in [6, 6.07) is 10.4. The monoisotopic (exact) mass is 824 g/mol. The van der Waals surface area contributed by atoms with Crippen LogP contribution < -0.4 is 20.1 Å². The van der Waals surface area contributed by atoms with Crippen LogP contribution in [-0.4, -0.2) is 92.0 Å². The largest absolute Gasteiger partial charge is 0.460 e. The summed E-state index contributed by atoms with van der Waals surface area (Å²) in [5.74, 6) is -2.13. The van der Waals surface area contributed by atoms with Crippen LogP contribution in [0, 0.1) is 17.8 Å². The Morgan fingerprint density at radius 2 is 1.78 bits per heavy atom. The lowest BCUT2D eigenvalue weighted by atomic mass is 9.55. The molecule has 6 atom stereocenters. The number of nitrogens with zero attached hydrogens (tertiary/aromatic N) is 2. The van der Waals surface area contributed by atoms with Crippen molar-refractivity contribution in [3.05, 3.63) is 72.3 Å². The Balaban J connectivity index is 1.79. The number of anilines is 1. The van der Waals surface area contributed by atoms with Crippen molar-refractivity contribution in [3.8, 4) is 11.5 Å². The summed E-state index contributed by atoms with van der Waals surface area (Å²) in [5.41, 5.74) is 2.66. The Morgan fingerprint density at radius 3 is 2.41 bits per heavy atom. The number of aliphatic hydroxyl groups excluding tert-OH is 2. The summed E-state index contributed by atoms with van der Waals surface area (Å²) in [7, 11) is -4.25. The highest BCUT2D eigenvalue weighted by Crippen LogP contribution is 2.62. The van der Waals surface area contributed by atoms with Crippen LogP contribution in [0.1, 0.15) is 90.5 Å². The second-order valence-electron chi connectivity index (χ2n) is 14.9. The lowest BCUT2D eigenvalue weighted by molar-refractivity contribution is -0.251. The summed E-state index contributed by atoms with van der Waals surface area (Å²) >= 11 is 0. The number of nitrogens with one attached hydrogen (secondary N) is 2. The number of hydrogen-bond donors (Lipinski definition) is 4.